The maximum absolute atomic E-state index is 13.2. The number of carbonyl (C=O) groups is 2. The van der Waals surface area contributed by atoms with Gasteiger partial charge >= 0.3 is 0 Å². The van der Waals surface area contributed by atoms with Crippen LogP contribution in [0.2, 0.25) is 0 Å². The van der Waals surface area contributed by atoms with Crippen molar-refractivity contribution in [2.24, 2.45) is 0 Å². The highest BCUT2D eigenvalue weighted by molar-refractivity contribution is 7.14. The van der Waals surface area contributed by atoms with Gasteiger partial charge in [0, 0.05) is 21.7 Å². The lowest BCUT2D eigenvalue weighted by atomic mass is 10.1. The van der Waals surface area contributed by atoms with E-state index in [1.165, 1.54) is 28.0 Å². The van der Waals surface area contributed by atoms with Crippen LogP contribution in [0.5, 0.6) is 0 Å². The molecule has 0 saturated carbocycles. The average molecular weight is 480 g/mol. The molecule has 3 aromatic heterocycles. The number of carbonyl (C=O) groups excluding carboxylic acids is 2. The van der Waals surface area contributed by atoms with E-state index in [1.807, 2.05) is 28.5 Å². The first kappa shape index (κ1) is 22.9. The number of hydrogen-bond acceptors (Lipinski definition) is 6. The molecule has 0 saturated heterocycles. The lowest BCUT2D eigenvalue weighted by Crippen LogP contribution is -2.33. The second-order valence-electron chi connectivity index (χ2n) is 7.73. The number of aryl methyl sites for hydroxylation is 2. The van der Waals surface area contributed by atoms with Gasteiger partial charge in [-0.15, -0.1) is 22.7 Å². The molecule has 6 nitrogen and oxygen atoms in total. The highest BCUT2D eigenvalue weighted by Crippen LogP contribution is 2.21. The summed E-state index contributed by atoms with van der Waals surface area (Å²) in [6.45, 7) is 5.02. The molecule has 4 rings (SSSR count). The first-order valence-corrected chi connectivity index (χ1v) is 12.3. The van der Waals surface area contributed by atoms with Gasteiger partial charge in [-0.3, -0.25) is 14.9 Å². The van der Waals surface area contributed by atoms with Crippen LogP contribution < -0.4 is 5.32 Å². The monoisotopic (exact) mass is 479 g/mol. The summed E-state index contributed by atoms with van der Waals surface area (Å²) in [6.07, 6.45) is 2.46. The number of amides is 2. The highest BCUT2D eigenvalue weighted by Gasteiger charge is 2.18. The predicted octanol–water partition coefficient (Wildman–Crippen LogP) is 5.48. The second-order valence-corrected chi connectivity index (χ2v) is 9.96. The Labute approximate surface area is 200 Å². The fourth-order valence-electron chi connectivity index (χ4n) is 3.46. The number of thiophene rings is 1. The summed E-state index contributed by atoms with van der Waals surface area (Å²) in [4.78, 5) is 34.3. The van der Waals surface area contributed by atoms with E-state index in [1.54, 1.807) is 24.3 Å². The minimum absolute atomic E-state index is 0.0193. The molecule has 0 aliphatic carbocycles. The average Bonchev–Trinajstić information content (AvgIpc) is 3.53. The zero-order valence-electron chi connectivity index (χ0n) is 18.5. The first-order valence-electron chi connectivity index (χ1n) is 10.6. The summed E-state index contributed by atoms with van der Waals surface area (Å²) in [7, 11) is 0. The zero-order chi connectivity index (χ0) is 23.2. The Kier molecular flexibility index (Phi) is 7.36. The van der Waals surface area contributed by atoms with Gasteiger partial charge in [0.15, 0.2) is 5.13 Å². The Morgan fingerprint density at radius 2 is 1.91 bits per heavy atom. The van der Waals surface area contributed by atoms with Gasteiger partial charge in [0.2, 0.25) is 5.91 Å². The van der Waals surface area contributed by atoms with Crippen LogP contribution in [0.4, 0.5) is 5.13 Å². The van der Waals surface area contributed by atoms with Crippen LogP contribution in [-0.2, 0) is 24.2 Å². The zero-order valence-corrected chi connectivity index (χ0v) is 20.2. The molecule has 3 heterocycles. The van der Waals surface area contributed by atoms with E-state index in [4.69, 9.17) is 4.42 Å². The quantitative estimate of drug-likeness (QED) is 0.345. The number of nitrogens with zero attached hydrogens (tertiary/aromatic N) is 2. The van der Waals surface area contributed by atoms with Crippen molar-refractivity contribution < 1.29 is 14.0 Å². The smallest absolute Gasteiger partial charge is 0.260 e. The Bertz CT molecular complexity index is 1230. The number of thiazole rings is 1. The standard InChI is InChI=1S/C25H25N3O3S2/c1-17-8-9-21(33-17)15-28(12-10-19-6-4-3-5-7-19)23(29)14-20-16-32-25(26-20)27-24(30)22-11-13-31-18(22)2/h3-9,11,13,16H,10,12,14-15H2,1-2H3,(H,26,27,30). The van der Waals surface area contributed by atoms with Crippen LogP contribution in [0.3, 0.4) is 0 Å². The van der Waals surface area contributed by atoms with Crippen LogP contribution in [-0.4, -0.2) is 28.2 Å². The molecule has 0 aliphatic rings. The second kappa shape index (κ2) is 10.6. The van der Waals surface area contributed by atoms with Crippen molar-refractivity contribution >= 4 is 39.6 Å². The lowest BCUT2D eigenvalue weighted by molar-refractivity contribution is -0.131. The summed E-state index contributed by atoms with van der Waals surface area (Å²) < 4.78 is 5.19. The number of rotatable bonds is 9. The molecule has 170 valence electrons. The first-order chi connectivity index (χ1) is 16.0. The number of furan rings is 1. The maximum Gasteiger partial charge on any atom is 0.260 e. The summed E-state index contributed by atoms with van der Waals surface area (Å²) >= 11 is 3.02. The van der Waals surface area contributed by atoms with E-state index >= 15 is 0 Å². The van der Waals surface area contributed by atoms with Crippen molar-refractivity contribution in [2.75, 3.05) is 11.9 Å². The van der Waals surface area contributed by atoms with Crippen molar-refractivity contribution in [3.63, 3.8) is 0 Å². The maximum atomic E-state index is 13.2. The molecular weight excluding hydrogens is 454 g/mol. The fraction of sp³-hybridized carbons (Fsp3) is 0.240. The van der Waals surface area contributed by atoms with Gasteiger partial charge in [0.1, 0.15) is 5.76 Å². The van der Waals surface area contributed by atoms with Crippen LogP contribution in [0.1, 0.15) is 37.1 Å². The predicted molar refractivity (Wildman–Crippen MR) is 132 cm³/mol. The largest absolute Gasteiger partial charge is 0.469 e. The fourth-order valence-corrected chi connectivity index (χ4v) is 5.07. The molecule has 0 aliphatic heterocycles. The van der Waals surface area contributed by atoms with Gasteiger partial charge in [-0.1, -0.05) is 30.3 Å². The van der Waals surface area contributed by atoms with Crippen LogP contribution in [0.15, 0.2) is 64.6 Å². The van der Waals surface area contributed by atoms with Gasteiger partial charge in [0.05, 0.1) is 30.5 Å². The Balaban J connectivity index is 1.41. The number of benzene rings is 1. The third-order valence-electron chi connectivity index (χ3n) is 5.22. The van der Waals surface area contributed by atoms with E-state index in [0.29, 0.717) is 35.2 Å². The number of aromatic nitrogens is 1. The van der Waals surface area contributed by atoms with E-state index < -0.39 is 0 Å². The third-order valence-corrected chi connectivity index (χ3v) is 7.01. The molecule has 0 bridgehead atoms. The van der Waals surface area contributed by atoms with Crippen molar-refractivity contribution in [2.45, 2.75) is 33.2 Å². The minimum Gasteiger partial charge on any atom is -0.469 e. The van der Waals surface area contributed by atoms with Crippen molar-refractivity contribution in [3.05, 3.63) is 92.5 Å². The van der Waals surface area contributed by atoms with Gasteiger partial charge in [0.25, 0.3) is 5.91 Å². The molecule has 8 heteroatoms. The summed E-state index contributed by atoms with van der Waals surface area (Å²) in [5.41, 5.74) is 2.32. The molecule has 0 spiro atoms. The molecule has 0 atom stereocenters. The summed E-state index contributed by atoms with van der Waals surface area (Å²) in [6, 6.07) is 16.0. The SMILES string of the molecule is Cc1ccc(CN(CCc2ccccc2)C(=O)Cc2csc(NC(=O)c3ccoc3C)n2)s1. The molecular formula is C25H25N3O3S2. The van der Waals surface area contributed by atoms with Crippen LogP contribution in [0, 0.1) is 13.8 Å². The minimum atomic E-state index is -0.272. The molecule has 4 aromatic rings. The molecule has 0 radical (unpaired) electrons. The Hall–Kier alpha value is -3.23. The number of anilines is 1. The summed E-state index contributed by atoms with van der Waals surface area (Å²) in [5, 5.41) is 5.07. The third kappa shape index (κ3) is 6.18. The van der Waals surface area contributed by atoms with Gasteiger partial charge < -0.3 is 9.32 Å². The van der Waals surface area contributed by atoms with Crippen LogP contribution >= 0.6 is 22.7 Å². The van der Waals surface area contributed by atoms with Gasteiger partial charge in [-0.05, 0) is 44.0 Å². The van der Waals surface area contributed by atoms with E-state index in [2.05, 4.69) is 41.5 Å². The van der Waals surface area contributed by atoms with Crippen molar-refractivity contribution in [3.8, 4) is 0 Å². The normalized spacial score (nSPS) is 10.8. The Morgan fingerprint density at radius 1 is 1.09 bits per heavy atom. The van der Waals surface area contributed by atoms with Crippen molar-refractivity contribution in [1.29, 1.82) is 0 Å². The topological polar surface area (TPSA) is 75.4 Å². The number of nitrogens with one attached hydrogen (secondary N) is 1. The van der Waals surface area contributed by atoms with Crippen molar-refractivity contribution in [1.82, 2.24) is 9.88 Å². The lowest BCUT2D eigenvalue weighted by Gasteiger charge is -2.22. The molecule has 1 aromatic carbocycles. The molecule has 1 N–H and O–H groups in total. The molecule has 0 unspecified atom stereocenters. The van der Waals surface area contributed by atoms with Gasteiger partial charge in [-0.25, -0.2) is 4.98 Å². The summed E-state index contributed by atoms with van der Waals surface area (Å²) in [5.74, 6) is 0.300. The highest BCUT2D eigenvalue weighted by atomic mass is 32.1. The molecule has 33 heavy (non-hydrogen) atoms. The van der Waals surface area contributed by atoms with Gasteiger partial charge in [-0.2, -0.15) is 0 Å². The molecule has 0 fully saturated rings. The van der Waals surface area contributed by atoms with E-state index in [0.717, 1.165) is 11.3 Å². The Morgan fingerprint density at radius 3 is 2.61 bits per heavy atom. The number of hydrogen-bond donors (Lipinski definition) is 1. The van der Waals surface area contributed by atoms with E-state index in [9.17, 15) is 9.59 Å². The molecule has 2 amide bonds. The van der Waals surface area contributed by atoms with Crippen LogP contribution in [0.25, 0.3) is 0 Å². The van der Waals surface area contributed by atoms with E-state index in [-0.39, 0.29) is 18.2 Å².